The van der Waals surface area contributed by atoms with Gasteiger partial charge in [-0.1, -0.05) is 17.7 Å². The van der Waals surface area contributed by atoms with Crippen molar-refractivity contribution in [2.45, 2.75) is 6.18 Å². The van der Waals surface area contributed by atoms with Crippen molar-refractivity contribution in [3.63, 3.8) is 0 Å². The van der Waals surface area contributed by atoms with Crippen molar-refractivity contribution in [1.82, 2.24) is 9.78 Å². The third kappa shape index (κ3) is 3.70. The van der Waals surface area contributed by atoms with Gasteiger partial charge in [0.25, 0.3) is 0 Å². The Balaban J connectivity index is 2.23. The Morgan fingerprint density at radius 3 is 2.43 bits per heavy atom. The van der Waals surface area contributed by atoms with Gasteiger partial charge in [-0.15, -0.1) is 0 Å². The first kappa shape index (κ1) is 19.8. The van der Waals surface area contributed by atoms with E-state index in [-0.39, 0.29) is 28.2 Å². The average Bonchev–Trinajstić information content (AvgIpc) is 3.01. The Kier molecular flexibility index (Phi) is 5.12. The lowest BCUT2D eigenvalue weighted by molar-refractivity contribution is -0.140. The van der Waals surface area contributed by atoms with Crippen molar-refractivity contribution in [1.29, 1.82) is 0 Å². The molecule has 28 heavy (non-hydrogen) atoms. The van der Waals surface area contributed by atoms with Crippen molar-refractivity contribution in [3.8, 4) is 11.1 Å². The third-order valence-corrected chi connectivity index (χ3v) is 4.20. The maximum Gasteiger partial charge on any atom is 0.437 e. The van der Waals surface area contributed by atoms with E-state index >= 15 is 0 Å². The number of carbonyl (C=O) groups is 1. The van der Waals surface area contributed by atoms with Crippen molar-refractivity contribution in [3.05, 3.63) is 64.9 Å². The molecule has 0 aliphatic heterocycles. The zero-order chi connectivity index (χ0) is 20.6. The summed E-state index contributed by atoms with van der Waals surface area (Å²) < 4.78 is 68.5. The molecule has 0 N–H and O–H groups in total. The molecule has 0 aliphatic rings. The predicted octanol–water partition coefficient (Wildman–Crippen LogP) is 5.33. The number of hydrogen-bond acceptors (Lipinski definition) is 2. The first-order valence-electron chi connectivity index (χ1n) is 7.72. The Hall–Kier alpha value is -2.94. The van der Waals surface area contributed by atoms with E-state index in [1.807, 2.05) is 0 Å². The van der Waals surface area contributed by atoms with E-state index in [1.54, 1.807) is 0 Å². The van der Waals surface area contributed by atoms with Crippen LogP contribution in [-0.2, 0) is 18.0 Å². The minimum atomic E-state index is -4.83. The number of nitrogens with zero attached hydrogens (tertiary/aromatic N) is 3. The summed E-state index contributed by atoms with van der Waals surface area (Å²) in [6, 6.07) is 6.66. The molecular weight excluding hydrogens is 405 g/mol. The standard InChI is InChI=1S/C18H11ClF5N3O/c1-26-8-16(17(25-26)18(22,23)24)27(9-28)15-5-3-11(20)7-12(15)10-2-4-13(19)14(21)6-10/h2-9H,1H3. The number of benzene rings is 2. The fourth-order valence-corrected chi connectivity index (χ4v) is 2.83. The highest BCUT2D eigenvalue weighted by Gasteiger charge is 2.39. The van der Waals surface area contributed by atoms with E-state index in [2.05, 4.69) is 5.10 Å². The van der Waals surface area contributed by atoms with Crippen LogP contribution in [0.3, 0.4) is 0 Å². The summed E-state index contributed by atoms with van der Waals surface area (Å²) >= 11 is 5.65. The number of halogens is 6. The molecule has 1 aromatic heterocycles. The number of anilines is 2. The number of carbonyl (C=O) groups excluding carboxylic acids is 1. The number of rotatable bonds is 4. The van der Waals surface area contributed by atoms with Gasteiger partial charge in [0, 0.05) is 18.8 Å². The van der Waals surface area contributed by atoms with Crippen LogP contribution in [0.4, 0.5) is 33.3 Å². The quantitative estimate of drug-likeness (QED) is 0.426. The molecule has 2 aromatic carbocycles. The largest absolute Gasteiger partial charge is 0.437 e. The number of aromatic nitrogens is 2. The highest BCUT2D eigenvalue weighted by Crippen LogP contribution is 2.41. The van der Waals surface area contributed by atoms with Gasteiger partial charge in [-0.2, -0.15) is 18.3 Å². The first-order chi connectivity index (χ1) is 13.1. The Morgan fingerprint density at radius 1 is 1.11 bits per heavy atom. The molecule has 146 valence electrons. The Labute approximate surface area is 160 Å². The Morgan fingerprint density at radius 2 is 1.82 bits per heavy atom. The van der Waals surface area contributed by atoms with Crippen LogP contribution in [0.1, 0.15) is 5.69 Å². The maximum atomic E-state index is 13.9. The van der Waals surface area contributed by atoms with Gasteiger partial charge >= 0.3 is 6.18 Å². The second kappa shape index (κ2) is 7.23. The van der Waals surface area contributed by atoms with Crippen LogP contribution in [0.2, 0.25) is 5.02 Å². The molecule has 0 saturated heterocycles. The highest BCUT2D eigenvalue weighted by molar-refractivity contribution is 6.30. The summed E-state index contributed by atoms with van der Waals surface area (Å²) in [6.45, 7) is 0. The van der Waals surface area contributed by atoms with Gasteiger partial charge in [0.1, 0.15) is 11.6 Å². The van der Waals surface area contributed by atoms with E-state index in [4.69, 9.17) is 11.6 Å². The van der Waals surface area contributed by atoms with E-state index < -0.39 is 29.2 Å². The van der Waals surface area contributed by atoms with Crippen LogP contribution >= 0.6 is 11.6 Å². The van der Waals surface area contributed by atoms with Crippen molar-refractivity contribution in [2.75, 3.05) is 4.90 Å². The molecule has 0 spiro atoms. The molecule has 1 heterocycles. The normalized spacial score (nSPS) is 11.5. The van der Waals surface area contributed by atoms with Crippen LogP contribution in [0.15, 0.2) is 42.6 Å². The molecule has 0 bridgehead atoms. The summed E-state index contributed by atoms with van der Waals surface area (Å²) in [6.07, 6.45) is -3.67. The molecule has 0 unspecified atom stereocenters. The van der Waals surface area contributed by atoms with Gasteiger partial charge < -0.3 is 0 Å². The van der Waals surface area contributed by atoms with Crippen molar-refractivity contribution in [2.24, 2.45) is 7.05 Å². The summed E-state index contributed by atoms with van der Waals surface area (Å²) in [5.74, 6) is -1.52. The number of amides is 1. The SMILES string of the molecule is Cn1cc(N(C=O)c2ccc(F)cc2-c2ccc(Cl)c(F)c2)c(C(F)(F)F)n1. The van der Waals surface area contributed by atoms with Gasteiger partial charge in [-0.25, -0.2) is 8.78 Å². The molecule has 3 rings (SSSR count). The lowest BCUT2D eigenvalue weighted by Gasteiger charge is -2.21. The molecule has 1 amide bonds. The molecule has 0 aliphatic carbocycles. The monoisotopic (exact) mass is 415 g/mol. The van der Waals surface area contributed by atoms with E-state index in [0.717, 1.165) is 35.1 Å². The van der Waals surface area contributed by atoms with Crippen LogP contribution < -0.4 is 4.90 Å². The fraction of sp³-hybridized carbons (Fsp3) is 0.111. The Bertz CT molecular complexity index is 1050. The van der Waals surface area contributed by atoms with Crippen LogP contribution in [0.25, 0.3) is 11.1 Å². The van der Waals surface area contributed by atoms with Gasteiger partial charge in [0.2, 0.25) is 6.41 Å². The molecule has 0 saturated carbocycles. The minimum absolute atomic E-state index is 0.000329. The van der Waals surface area contributed by atoms with Gasteiger partial charge in [-0.05, 0) is 35.9 Å². The number of hydrogen-bond donors (Lipinski definition) is 0. The van der Waals surface area contributed by atoms with Gasteiger partial charge in [0.05, 0.1) is 16.4 Å². The molecular formula is C18H11ClF5N3O. The third-order valence-electron chi connectivity index (χ3n) is 3.89. The lowest BCUT2D eigenvalue weighted by atomic mass is 10.0. The van der Waals surface area contributed by atoms with E-state index in [9.17, 15) is 26.7 Å². The maximum absolute atomic E-state index is 13.9. The second-order valence-corrected chi connectivity index (χ2v) is 6.21. The molecule has 3 aromatic rings. The topological polar surface area (TPSA) is 38.1 Å². The zero-order valence-electron chi connectivity index (χ0n) is 14.1. The molecule has 0 radical (unpaired) electrons. The zero-order valence-corrected chi connectivity index (χ0v) is 14.9. The highest BCUT2D eigenvalue weighted by atomic mass is 35.5. The van der Waals surface area contributed by atoms with Gasteiger partial charge in [-0.3, -0.25) is 14.4 Å². The van der Waals surface area contributed by atoms with Crippen LogP contribution in [0.5, 0.6) is 0 Å². The number of aryl methyl sites for hydroxylation is 1. The number of alkyl halides is 3. The molecule has 10 heteroatoms. The predicted molar refractivity (Wildman–Crippen MR) is 93.2 cm³/mol. The molecule has 0 fully saturated rings. The van der Waals surface area contributed by atoms with Crippen LogP contribution in [0, 0.1) is 11.6 Å². The van der Waals surface area contributed by atoms with Crippen molar-refractivity contribution < 1.29 is 26.7 Å². The van der Waals surface area contributed by atoms with Gasteiger partial charge in [0.15, 0.2) is 5.69 Å². The van der Waals surface area contributed by atoms with E-state index in [0.29, 0.717) is 4.90 Å². The average molecular weight is 416 g/mol. The van der Waals surface area contributed by atoms with E-state index in [1.165, 1.54) is 19.2 Å². The van der Waals surface area contributed by atoms with Crippen LogP contribution in [-0.4, -0.2) is 16.2 Å². The smallest absolute Gasteiger partial charge is 0.279 e. The molecule has 0 atom stereocenters. The summed E-state index contributed by atoms with van der Waals surface area (Å²) in [7, 11) is 1.27. The lowest BCUT2D eigenvalue weighted by Crippen LogP contribution is -2.19. The molecule has 4 nitrogen and oxygen atoms in total. The first-order valence-corrected chi connectivity index (χ1v) is 8.10. The summed E-state index contributed by atoms with van der Waals surface area (Å²) in [4.78, 5) is 12.4. The summed E-state index contributed by atoms with van der Waals surface area (Å²) in [5.41, 5.74) is -1.80. The fourth-order valence-electron chi connectivity index (χ4n) is 2.71. The van der Waals surface area contributed by atoms with Crippen molar-refractivity contribution >= 4 is 29.4 Å². The minimum Gasteiger partial charge on any atom is -0.279 e. The second-order valence-electron chi connectivity index (χ2n) is 5.80. The summed E-state index contributed by atoms with van der Waals surface area (Å²) in [5, 5.41) is 3.18.